The Bertz CT molecular complexity index is 552. The van der Waals surface area contributed by atoms with Crippen LogP contribution in [-0.4, -0.2) is 14.2 Å². The molecule has 0 saturated carbocycles. The molecule has 0 amide bonds. The molecule has 2 nitrogen and oxygen atoms in total. The second kappa shape index (κ2) is 6.95. The van der Waals surface area contributed by atoms with Crippen LogP contribution in [0.15, 0.2) is 17.0 Å². The van der Waals surface area contributed by atoms with Gasteiger partial charge in [0.25, 0.3) is 0 Å². The summed E-state index contributed by atoms with van der Waals surface area (Å²) in [6.45, 7) is 14.5. The molecule has 0 saturated heterocycles. The summed E-state index contributed by atoms with van der Waals surface area (Å²) >= 11 is 0. The topological polar surface area (TPSA) is 34.1 Å². The van der Waals surface area contributed by atoms with Crippen LogP contribution in [0.4, 0.5) is 0 Å². The smallest absolute Gasteiger partial charge is 0.178 e. The van der Waals surface area contributed by atoms with Gasteiger partial charge < -0.3 is 0 Å². The zero-order valence-electron chi connectivity index (χ0n) is 14.5. The second-order valence-electron chi connectivity index (χ2n) is 6.81. The van der Waals surface area contributed by atoms with Gasteiger partial charge in [0.2, 0.25) is 0 Å². The van der Waals surface area contributed by atoms with Crippen LogP contribution in [-0.2, 0) is 9.84 Å². The molecular weight excluding hydrogens is 280 g/mol. The van der Waals surface area contributed by atoms with E-state index < -0.39 is 9.84 Å². The lowest BCUT2D eigenvalue weighted by Gasteiger charge is -2.22. The lowest BCUT2D eigenvalue weighted by atomic mass is 9.89. The summed E-state index contributed by atoms with van der Waals surface area (Å²) in [6.07, 6.45) is 0.656. The van der Waals surface area contributed by atoms with E-state index in [0.29, 0.717) is 17.2 Å². The fraction of sp³-hybridized carbons (Fsp3) is 0.667. The first-order valence-electron chi connectivity index (χ1n) is 8.02. The summed E-state index contributed by atoms with van der Waals surface area (Å²) in [5.41, 5.74) is 3.20. The Labute approximate surface area is 130 Å². The SMILES string of the molecule is CCCS(=O)(=O)c1c(C(C)C)cc(C(C)C)cc1C(C)C. The van der Waals surface area contributed by atoms with Crippen molar-refractivity contribution >= 4 is 9.84 Å². The Morgan fingerprint density at radius 1 is 0.857 bits per heavy atom. The third kappa shape index (κ3) is 4.09. The molecule has 1 aromatic carbocycles. The summed E-state index contributed by atoms with van der Waals surface area (Å²) in [7, 11) is -3.20. The maximum Gasteiger partial charge on any atom is 0.178 e. The molecule has 21 heavy (non-hydrogen) atoms. The Balaban J connectivity index is 3.74. The van der Waals surface area contributed by atoms with Crippen LogP contribution in [0.5, 0.6) is 0 Å². The van der Waals surface area contributed by atoms with Crippen molar-refractivity contribution in [2.45, 2.75) is 77.5 Å². The Kier molecular flexibility index (Phi) is 6.03. The average Bonchev–Trinajstić information content (AvgIpc) is 2.36. The van der Waals surface area contributed by atoms with E-state index in [1.807, 2.05) is 6.92 Å². The van der Waals surface area contributed by atoms with Crippen molar-refractivity contribution in [1.29, 1.82) is 0 Å². The predicted molar refractivity (Wildman–Crippen MR) is 91.1 cm³/mol. The van der Waals surface area contributed by atoms with Crippen molar-refractivity contribution in [3.8, 4) is 0 Å². The summed E-state index contributed by atoms with van der Waals surface area (Å²) in [5.74, 6) is 1.06. The lowest BCUT2D eigenvalue weighted by molar-refractivity contribution is 0.589. The maximum atomic E-state index is 12.8. The molecule has 0 fully saturated rings. The third-order valence-corrected chi connectivity index (χ3v) is 5.90. The van der Waals surface area contributed by atoms with Gasteiger partial charge in [-0.05, 0) is 40.9 Å². The van der Waals surface area contributed by atoms with Gasteiger partial charge in [-0.15, -0.1) is 0 Å². The zero-order valence-corrected chi connectivity index (χ0v) is 15.3. The molecule has 0 radical (unpaired) electrons. The van der Waals surface area contributed by atoms with E-state index in [4.69, 9.17) is 0 Å². The van der Waals surface area contributed by atoms with Crippen molar-refractivity contribution in [2.75, 3.05) is 5.75 Å². The molecule has 0 aliphatic carbocycles. The van der Waals surface area contributed by atoms with Gasteiger partial charge in [0.05, 0.1) is 10.6 Å². The molecule has 0 N–H and O–H groups in total. The van der Waals surface area contributed by atoms with Crippen LogP contribution in [0.25, 0.3) is 0 Å². The first-order chi connectivity index (χ1) is 9.61. The van der Waals surface area contributed by atoms with Gasteiger partial charge in [-0.1, -0.05) is 60.6 Å². The molecular formula is C18H30O2S. The van der Waals surface area contributed by atoms with E-state index in [2.05, 4.69) is 53.7 Å². The summed E-state index contributed by atoms with van der Waals surface area (Å²) in [4.78, 5) is 0.596. The van der Waals surface area contributed by atoms with Crippen molar-refractivity contribution in [1.82, 2.24) is 0 Å². The van der Waals surface area contributed by atoms with E-state index in [9.17, 15) is 8.42 Å². The normalized spacial score (nSPS) is 12.7. The van der Waals surface area contributed by atoms with Crippen LogP contribution >= 0.6 is 0 Å². The molecule has 0 bridgehead atoms. The van der Waals surface area contributed by atoms with E-state index in [-0.39, 0.29) is 17.6 Å². The first-order valence-corrected chi connectivity index (χ1v) is 9.67. The number of hydrogen-bond donors (Lipinski definition) is 0. The second-order valence-corrected chi connectivity index (χ2v) is 8.86. The van der Waals surface area contributed by atoms with Crippen LogP contribution < -0.4 is 0 Å². The average molecular weight is 311 g/mol. The fourth-order valence-electron chi connectivity index (χ4n) is 2.62. The van der Waals surface area contributed by atoms with Gasteiger partial charge in [-0.3, -0.25) is 0 Å². The van der Waals surface area contributed by atoms with Crippen molar-refractivity contribution in [2.24, 2.45) is 0 Å². The Hall–Kier alpha value is -0.830. The van der Waals surface area contributed by atoms with E-state index >= 15 is 0 Å². The van der Waals surface area contributed by atoms with Crippen LogP contribution in [0.2, 0.25) is 0 Å². The Morgan fingerprint density at radius 3 is 1.57 bits per heavy atom. The third-order valence-electron chi connectivity index (χ3n) is 3.86. The molecule has 0 atom stereocenters. The predicted octanol–water partition coefficient (Wildman–Crippen LogP) is 5.24. The Morgan fingerprint density at radius 2 is 1.29 bits per heavy atom. The largest absolute Gasteiger partial charge is 0.224 e. The first kappa shape index (κ1) is 18.2. The zero-order chi connectivity index (χ0) is 16.4. The summed E-state index contributed by atoms with van der Waals surface area (Å²) < 4.78 is 25.5. The maximum absolute atomic E-state index is 12.8. The van der Waals surface area contributed by atoms with Crippen LogP contribution in [0, 0.1) is 0 Å². The van der Waals surface area contributed by atoms with Crippen molar-refractivity contribution < 1.29 is 8.42 Å². The monoisotopic (exact) mass is 310 g/mol. The number of rotatable bonds is 6. The highest BCUT2D eigenvalue weighted by molar-refractivity contribution is 7.91. The molecule has 0 unspecified atom stereocenters. The molecule has 0 spiro atoms. The summed E-state index contributed by atoms with van der Waals surface area (Å²) in [6, 6.07) is 4.20. The highest BCUT2D eigenvalue weighted by Crippen LogP contribution is 2.35. The van der Waals surface area contributed by atoms with Crippen LogP contribution in [0.3, 0.4) is 0 Å². The molecule has 3 heteroatoms. The molecule has 0 aliphatic heterocycles. The molecule has 1 rings (SSSR count). The van der Waals surface area contributed by atoms with Gasteiger partial charge in [0.1, 0.15) is 0 Å². The number of sulfone groups is 1. The number of benzene rings is 1. The molecule has 0 aliphatic rings. The van der Waals surface area contributed by atoms with Crippen molar-refractivity contribution in [3.63, 3.8) is 0 Å². The minimum absolute atomic E-state index is 0.211. The minimum Gasteiger partial charge on any atom is -0.224 e. The van der Waals surface area contributed by atoms with Gasteiger partial charge in [0.15, 0.2) is 9.84 Å². The molecule has 120 valence electrons. The highest BCUT2D eigenvalue weighted by Gasteiger charge is 2.26. The van der Waals surface area contributed by atoms with E-state index in [1.54, 1.807) is 0 Å². The number of hydrogen-bond acceptors (Lipinski definition) is 2. The van der Waals surface area contributed by atoms with Gasteiger partial charge in [-0.2, -0.15) is 0 Å². The van der Waals surface area contributed by atoms with Gasteiger partial charge >= 0.3 is 0 Å². The van der Waals surface area contributed by atoms with E-state index in [1.165, 1.54) is 5.56 Å². The van der Waals surface area contributed by atoms with Gasteiger partial charge in [0, 0.05) is 0 Å². The molecule has 0 aromatic heterocycles. The fourth-order valence-corrected chi connectivity index (χ4v) is 4.67. The highest BCUT2D eigenvalue weighted by atomic mass is 32.2. The van der Waals surface area contributed by atoms with Crippen molar-refractivity contribution in [3.05, 3.63) is 28.8 Å². The molecule has 0 heterocycles. The summed E-state index contributed by atoms with van der Waals surface area (Å²) in [5, 5.41) is 0. The van der Waals surface area contributed by atoms with Crippen LogP contribution in [0.1, 0.15) is 89.3 Å². The minimum atomic E-state index is -3.20. The van der Waals surface area contributed by atoms with Gasteiger partial charge in [-0.25, -0.2) is 8.42 Å². The quantitative estimate of drug-likeness (QED) is 0.720. The standard InChI is InChI=1S/C18H30O2S/c1-8-9-21(19,20)18-16(13(4)5)10-15(12(2)3)11-17(18)14(6)7/h10-14H,8-9H2,1-7H3. The lowest BCUT2D eigenvalue weighted by Crippen LogP contribution is -2.15. The molecule has 1 aromatic rings. The van der Waals surface area contributed by atoms with E-state index in [0.717, 1.165) is 11.1 Å².